The second-order valence-corrected chi connectivity index (χ2v) is 8.69. The molecule has 0 unspecified atom stereocenters. The number of rotatable bonds is 6. The fraction of sp³-hybridized carbons (Fsp3) is 0.115. The number of pyridine rings is 1. The number of anilines is 1. The normalized spacial score (nSPS) is 17.3. The number of hydrogen-bond donors (Lipinski definition) is 2. The van der Waals surface area contributed by atoms with Crippen molar-refractivity contribution in [2.24, 2.45) is 0 Å². The Morgan fingerprint density at radius 3 is 2.74 bits per heavy atom. The lowest BCUT2D eigenvalue weighted by molar-refractivity contribution is 0.0697. The molecule has 0 spiro atoms. The first-order chi connectivity index (χ1) is 17.0. The van der Waals surface area contributed by atoms with Crippen molar-refractivity contribution in [1.29, 1.82) is 0 Å². The first-order valence-electron chi connectivity index (χ1n) is 10.7. The maximum atomic E-state index is 11.5. The van der Waals surface area contributed by atoms with E-state index >= 15 is 0 Å². The molecule has 1 saturated heterocycles. The van der Waals surface area contributed by atoms with Gasteiger partial charge < -0.3 is 24.5 Å². The van der Waals surface area contributed by atoms with Crippen LogP contribution in [0.1, 0.15) is 33.9 Å². The SMILES string of the molecule is COc1cccc(N2C(=S)N[C@H](c3ccccn3)[C@@H]2c2ccc(-c3cc(C(=O)O)ccc3Cl)o2)c1. The van der Waals surface area contributed by atoms with E-state index in [1.54, 1.807) is 25.4 Å². The molecular formula is C26H20ClN3O4S. The van der Waals surface area contributed by atoms with Crippen LogP contribution in [0.2, 0.25) is 5.02 Å². The Labute approximate surface area is 211 Å². The number of thiocarbonyl (C=S) groups is 1. The summed E-state index contributed by atoms with van der Waals surface area (Å²) in [5.74, 6) is 0.723. The monoisotopic (exact) mass is 505 g/mol. The van der Waals surface area contributed by atoms with E-state index in [1.165, 1.54) is 12.1 Å². The molecule has 0 amide bonds. The van der Waals surface area contributed by atoms with Gasteiger partial charge in [-0.3, -0.25) is 4.98 Å². The van der Waals surface area contributed by atoms with Gasteiger partial charge in [0, 0.05) is 23.5 Å². The number of hydrogen-bond acceptors (Lipinski definition) is 5. The van der Waals surface area contributed by atoms with Gasteiger partial charge in [-0.2, -0.15) is 0 Å². The van der Waals surface area contributed by atoms with Gasteiger partial charge in [0.15, 0.2) is 5.11 Å². The summed E-state index contributed by atoms with van der Waals surface area (Å²) in [6.07, 6.45) is 1.73. The summed E-state index contributed by atoms with van der Waals surface area (Å²) in [6, 6.07) is 20.8. The summed E-state index contributed by atoms with van der Waals surface area (Å²) in [4.78, 5) is 18.0. The topological polar surface area (TPSA) is 87.8 Å². The van der Waals surface area contributed by atoms with Gasteiger partial charge in [-0.25, -0.2) is 4.79 Å². The zero-order valence-corrected chi connectivity index (χ0v) is 20.1. The van der Waals surface area contributed by atoms with E-state index in [4.69, 9.17) is 33.0 Å². The Kier molecular flexibility index (Phi) is 6.15. The summed E-state index contributed by atoms with van der Waals surface area (Å²) < 4.78 is 11.7. The second kappa shape index (κ2) is 9.40. The molecule has 2 aromatic heterocycles. The van der Waals surface area contributed by atoms with Crippen LogP contribution >= 0.6 is 23.8 Å². The molecule has 1 aliphatic heterocycles. The lowest BCUT2D eigenvalue weighted by Crippen LogP contribution is -2.29. The quantitative estimate of drug-likeness (QED) is 0.314. The Bertz CT molecular complexity index is 1410. The summed E-state index contributed by atoms with van der Waals surface area (Å²) in [5, 5.41) is 13.7. The average molecular weight is 506 g/mol. The van der Waals surface area contributed by atoms with Gasteiger partial charge in [-0.05, 0) is 66.8 Å². The van der Waals surface area contributed by atoms with Crippen molar-refractivity contribution in [3.05, 3.63) is 101 Å². The maximum absolute atomic E-state index is 11.5. The minimum absolute atomic E-state index is 0.121. The Morgan fingerprint density at radius 2 is 2.00 bits per heavy atom. The summed E-state index contributed by atoms with van der Waals surface area (Å²) in [5.41, 5.74) is 2.24. The van der Waals surface area contributed by atoms with Gasteiger partial charge in [-0.1, -0.05) is 23.7 Å². The summed E-state index contributed by atoms with van der Waals surface area (Å²) in [7, 11) is 1.61. The van der Waals surface area contributed by atoms with Gasteiger partial charge in [0.05, 0.1) is 29.4 Å². The Hall–Kier alpha value is -3.88. The molecule has 9 heteroatoms. The molecule has 2 aromatic carbocycles. The first-order valence-corrected chi connectivity index (χ1v) is 11.5. The van der Waals surface area contributed by atoms with Crippen molar-refractivity contribution in [3.8, 4) is 17.1 Å². The van der Waals surface area contributed by atoms with E-state index in [0.29, 0.717) is 33.0 Å². The lowest BCUT2D eigenvalue weighted by atomic mass is 10.0. The third kappa shape index (κ3) is 4.34. The van der Waals surface area contributed by atoms with Crippen LogP contribution < -0.4 is 15.0 Å². The predicted octanol–water partition coefficient (Wildman–Crippen LogP) is 5.88. The Morgan fingerprint density at radius 1 is 1.14 bits per heavy atom. The highest BCUT2D eigenvalue weighted by Crippen LogP contribution is 2.44. The third-order valence-corrected chi connectivity index (χ3v) is 6.47. The number of carboxylic acid groups (broad SMARTS) is 1. The first kappa shape index (κ1) is 22.9. The number of carboxylic acids is 1. The van der Waals surface area contributed by atoms with E-state index in [1.807, 2.05) is 53.4 Å². The highest BCUT2D eigenvalue weighted by Gasteiger charge is 2.42. The molecule has 2 N–H and O–H groups in total. The lowest BCUT2D eigenvalue weighted by Gasteiger charge is -2.26. The van der Waals surface area contributed by atoms with Crippen molar-refractivity contribution in [2.75, 3.05) is 12.0 Å². The van der Waals surface area contributed by atoms with E-state index in [2.05, 4.69) is 10.3 Å². The molecule has 176 valence electrons. The minimum atomic E-state index is -1.04. The van der Waals surface area contributed by atoms with Crippen LogP contribution in [0.4, 0.5) is 5.69 Å². The van der Waals surface area contributed by atoms with Crippen molar-refractivity contribution in [2.45, 2.75) is 12.1 Å². The standard InChI is InChI=1S/C26H20ClN3O4S/c1-33-17-6-4-5-16(14-17)30-24(23(29-26(30)35)20-7-2-3-12-28-20)22-11-10-21(34-22)18-13-15(25(31)32)8-9-19(18)27/h2-14,23-24H,1H3,(H,29,35)(H,31,32)/t23-,24+/m1/s1. The summed E-state index contributed by atoms with van der Waals surface area (Å²) in [6.45, 7) is 0. The molecule has 7 nitrogen and oxygen atoms in total. The van der Waals surface area contributed by atoms with Crippen molar-refractivity contribution >= 4 is 40.6 Å². The van der Waals surface area contributed by atoms with Crippen molar-refractivity contribution in [3.63, 3.8) is 0 Å². The summed E-state index contributed by atoms with van der Waals surface area (Å²) >= 11 is 12.1. The van der Waals surface area contributed by atoms with Crippen LogP contribution in [0.5, 0.6) is 5.75 Å². The highest BCUT2D eigenvalue weighted by molar-refractivity contribution is 7.80. The van der Waals surface area contributed by atoms with Crippen LogP contribution in [-0.4, -0.2) is 28.3 Å². The molecule has 2 atom stereocenters. The zero-order valence-electron chi connectivity index (χ0n) is 18.5. The number of aromatic nitrogens is 1. The van der Waals surface area contributed by atoms with Gasteiger partial charge in [0.1, 0.15) is 23.3 Å². The van der Waals surface area contributed by atoms with Gasteiger partial charge in [0.2, 0.25) is 0 Å². The van der Waals surface area contributed by atoms with Gasteiger partial charge >= 0.3 is 5.97 Å². The van der Waals surface area contributed by atoms with Crippen molar-refractivity contribution in [1.82, 2.24) is 10.3 Å². The van der Waals surface area contributed by atoms with Gasteiger partial charge in [0.25, 0.3) is 0 Å². The third-order valence-electron chi connectivity index (χ3n) is 5.83. The number of ether oxygens (including phenoxy) is 1. The van der Waals surface area contributed by atoms with Crippen molar-refractivity contribution < 1.29 is 19.1 Å². The smallest absolute Gasteiger partial charge is 0.335 e. The van der Waals surface area contributed by atoms with E-state index < -0.39 is 5.97 Å². The maximum Gasteiger partial charge on any atom is 0.335 e. The molecule has 35 heavy (non-hydrogen) atoms. The van der Waals surface area contributed by atoms with E-state index in [9.17, 15) is 9.90 Å². The number of aromatic carboxylic acids is 1. The second-order valence-electron chi connectivity index (χ2n) is 7.90. The number of methoxy groups -OCH3 is 1. The van der Waals surface area contributed by atoms with Crippen LogP contribution in [-0.2, 0) is 0 Å². The zero-order chi connectivity index (χ0) is 24.5. The van der Waals surface area contributed by atoms with E-state index in [0.717, 1.165) is 11.4 Å². The molecule has 0 bridgehead atoms. The van der Waals surface area contributed by atoms with Crippen LogP contribution in [0.25, 0.3) is 11.3 Å². The molecular weight excluding hydrogens is 486 g/mol. The largest absolute Gasteiger partial charge is 0.497 e. The number of furan rings is 1. The highest BCUT2D eigenvalue weighted by atomic mass is 35.5. The number of benzene rings is 2. The van der Waals surface area contributed by atoms with Crippen LogP contribution in [0, 0.1) is 0 Å². The predicted molar refractivity (Wildman–Crippen MR) is 137 cm³/mol. The molecule has 0 saturated carbocycles. The number of carbonyl (C=O) groups is 1. The van der Waals surface area contributed by atoms with E-state index in [-0.39, 0.29) is 17.6 Å². The number of halogens is 1. The number of nitrogens with zero attached hydrogens (tertiary/aromatic N) is 2. The number of nitrogens with one attached hydrogen (secondary N) is 1. The molecule has 1 aliphatic rings. The molecule has 3 heterocycles. The van der Waals surface area contributed by atoms with Gasteiger partial charge in [-0.15, -0.1) is 0 Å². The van der Waals surface area contributed by atoms with Crippen LogP contribution in [0.3, 0.4) is 0 Å². The minimum Gasteiger partial charge on any atom is -0.497 e. The molecule has 0 radical (unpaired) electrons. The molecule has 5 rings (SSSR count). The fourth-order valence-electron chi connectivity index (χ4n) is 4.19. The molecule has 1 fully saturated rings. The average Bonchev–Trinajstić information content (AvgIpc) is 3.49. The molecule has 0 aliphatic carbocycles. The van der Waals surface area contributed by atoms with Crippen LogP contribution in [0.15, 0.2) is 83.4 Å². The molecule has 4 aromatic rings. The fourth-order valence-corrected chi connectivity index (χ4v) is 4.74. The Balaban J connectivity index is 1.61.